The van der Waals surface area contributed by atoms with Crippen LogP contribution in [0.4, 0.5) is 0 Å². The van der Waals surface area contributed by atoms with Crippen LogP contribution in [0.15, 0.2) is 42.5 Å². The number of fused-ring (bicyclic) bond motifs is 1. The summed E-state index contributed by atoms with van der Waals surface area (Å²) in [6, 6.07) is 15.0. The molecule has 1 fully saturated rings. The molecule has 0 aliphatic heterocycles. The van der Waals surface area contributed by atoms with Gasteiger partial charge in [-0.25, -0.2) is 0 Å². The Morgan fingerprint density at radius 2 is 1.73 bits per heavy atom. The van der Waals surface area contributed by atoms with Crippen LogP contribution >= 0.6 is 0 Å². The molecule has 0 heterocycles. The van der Waals surface area contributed by atoms with Gasteiger partial charge in [0.25, 0.3) is 0 Å². The molecule has 0 unspecified atom stereocenters. The van der Waals surface area contributed by atoms with Crippen molar-refractivity contribution >= 4 is 10.8 Å². The van der Waals surface area contributed by atoms with Crippen LogP contribution < -0.4 is 5.73 Å². The van der Waals surface area contributed by atoms with Gasteiger partial charge in [-0.15, -0.1) is 0 Å². The highest BCUT2D eigenvalue weighted by molar-refractivity contribution is 5.85. The molecule has 2 aromatic rings. The lowest BCUT2D eigenvalue weighted by Gasteiger charge is -2.11. The van der Waals surface area contributed by atoms with E-state index >= 15 is 0 Å². The summed E-state index contributed by atoms with van der Waals surface area (Å²) >= 11 is 0. The summed E-state index contributed by atoms with van der Waals surface area (Å²) in [6.07, 6.45) is 3.38. The fourth-order valence-corrected chi connectivity index (χ4v) is 2.16. The third-order valence-electron chi connectivity index (χ3n) is 3.31. The Morgan fingerprint density at radius 1 is 1.00 bits per heavy atom. The standard InChI is InChI=1S/C14H15N/c15-14(8-9-14)10-12-6-3-5-11-4-1-2-7-13(11)12/h1-7H,8-10,15H2. The quantitative estimate of drug-likeness (QED) is 0.787. The fourth-order valence-electron chi connectivity index (χ4n) is 2.16. The predicted molar refractivity (Wildman–Crippen MR) is 63.8 cm³/mol. The van der Waals surface area contributed by atoms with Crippen LogP contribution in [-0.2, 0) is 6.42 Å². The van der Waals surface area contributed by atoms with Gasteiger partial charge in [-0.05, 0) is 35.6 Å². The summed E-state index contributed by atoms with van der Waals surface area (Å²) in [5, 5.41) is 2.68. The van der Waals surface area contributed by atoms with Crippen LogP contribution in [0.5, 0.6) is 0 Å². The lowest BCUT2D eigenvalue weighted by molar-refractivity contribution is 0.675. The maximum atomic E-state index is 6.17. The van der Waals surface area contributed by atoms with Crippen LogP contribution in [0.2, 0.25) is 0 Å². The van der Waals surface area contributed by atoms with Crippen molar-refractivity contribution in [3.63, 3.8) is 0 Å². The minimum atomic E-state index is 0.101. The Labute approximate surface area is 89.9 Å². The smallest absolute Gasteiger partial charge is 0.0196 e. The van der Waals surface area contributed by atoms with Crippen molar-refractivity contribution < 1.29 is 0 Å². The van der Waals surface area contributed by atoms with Gasteiger partial charge in [-0.1, -0.05) is 42.5 Å². The molecule has 1 aliphatic rings. The van der Waals surface area contributed by atoms with Crippen LogP contribution in [0.1, 0.15) is 18.4 Å². The molecule has 0 bridgehead atoms. The molecule has 15 heavy (non-hydrogen) atoms. The van der Waals surface area contributed by atoms with Crippen LogP contribution in [0, 0.1) is 0 Å². The van der Waals surface area contributed by atoms with Gasteiger partial charge in [0.2, 0.25) is 0 Å². The van der Waals surface area contributed by atoms with Gasteiger partial charge < -0.3 is 5.73 Å². The summed E-state index contributed by atoms with van der Waals surface area (Å²) < 4.78 is 0. The van der Waals surface area contributed by atoms with Crippen molar-refractivity contribution in [1.82, 2.24) is 0 Å². The van der Waals surface area contributed by atoms with Crippen LogP contribution in [-0.4, -0.2) is 5.54 Å². The summed E-state index contributed by atoms with van der Waals surface area (Å²) in [7, 11) is 0. The molecule has 1 nitrogen and oxygen atoms in total. The Kier molecular flexibility index (Phi) is 1.83. The highest BCUT2D eigenvalue weighted by atomic mass is 14.8. The molecule has 0 spiro atoms. The van der Waals surface area contributed by atoms with Crippen molar-refractivity contribution in [2.75, 3.05) is 0 Å². The molecule has 76 valence electrons. The summed E-state index contributed by atoms with van der Waals surface area (Å²) in [5.41, 5.74) is 7.67. The van der Waals surface area contributed by atoms with E-state index in [0.29, 0.717) is 0 Å². The Bertz CT molecular complexity index is 492. The first-order valence-electron chi connectivity index (χ1n) is 5.52. The molecular weight excluding hydrogens is 182 g/mol. The monoisotopic (exact) mass is 197 g/mol. The predicted octanol–water partition coefficient (Wildman–Crippen LogP) is 2.87. The van der Waals surface area contributed by atoms with Crippen molar-refractivity contribution in [1.29, 1.82) is 0 Å². The first kappa shape index (κ1) is 8.93. The second-order valence-electron chi connectivity index (χ2n) is 4.68. The number of hydrogen-bond donors (Lipinski definition) is 1. The Morgan fingerprint density at radius 3 is 2.53 bits per heavy atom. The van der Waals surface area contributed by atoms with E-state index < -0.39 is 0 Å². The summed E-state index contributed by atoms with van der Waals surface area (Å²) in [5.74, 6) is 0. The molecule has 0 saturated heterocycles. The normalized spacial score (nSPS) is 17.9. The molecule has 2 N–H and O–H groups in total. The number of hydrogen-bond acceptors (Lipinski definition) is 1. The number of nitrogens with two attached hydrogens (primary N) is 1. The van der Waals surface area contributed by atoms with Gasteiger partial charge in [0.15, 0.2) is 0 Å². The zero-order valence-corrected chi connectivity index (χ0v) is 8.74. The zero-order chi connectivity index (χ0) is 10.3. The van der Waals surface area contributed by atoms with Crippen molar-refractivity contribution in [2.24, 2.45) is 5.73 Å². The zero-order valence-electron chi connectivity index (χ0n) is 8.74. The van der Waals surface area contributed by atoms with E-state index in [0.717, 1.165) is 6.42 Å². The molecule has 0 atom stereocenters. The first-order valence-corrected chi connectivity index (χ1v) is 5.52. The number of benzene rings is 2. The summed E-state index contributed by atoms with van der Waals surface area (Å²) in [6.45, 7) is 0. The van der Waals surface area contributed by atoms with Gasteiger partial charge in [-0.2, -0.15) is 0 Å². The molecule has 1 aliphatic carbocycles. The average molecular weight is 197 g/mol. The molecule has 1 saturated carbocycles. The average Bonchev–Trinajstić information content (AvgIpc) is 2.97. The van der Waals surface area contributed by atoms with E-state index in [9.17, 15) is 0 Å². The minimum Gasteiger partial charge on any atom is -0.325 e. The van der Waals surface area contributed by atoms with Crippen molar-refractivity contribution in [3.05, 3.63) is 48.0 Å². The van der Waals surface area contributed by atoms with Gasteiger partial charge in [-0.3, -0.25) is 0 Å². The second-order valence-corrected chi connectivity index (χ2v) is 4.68. The molecule has 3 rings (SSSR count). The molecular formula is C14H15N. The Hall–Kier alpha value is -1.34. The van der Waals surface area contributed by atoms with Crippen molar-refractivity contribution in [3.8, 4) is 0 Å². The molecule has 0 radical (unpaired) electrons. The van der Waals surface area contributed by atoms with E-state index in [1.165, 1.54) is 29.2 Å². The third-order valence-corrected chi connectivity index (χ3v) is 3.31. The highest BCUT2D eigenvalue weighted by Crippen LogP contribution is 2.37. The van der Waals surface area contributed by atoms with E-state index in [4.69, 9.17) is 5.73 Å². The molecule has 0 amide bonds. The molecule has 2 aromatic carbocycles. The lowest BCUT2D eigenvalue weighted by Crippen LogP contribution is -2.24. The maximum absolute atomic E-state index is 6.17. The summed E-state index contributed by atoms with van der Waals surface area (Å²) in [4.78, 5) is 0. The van der Waals surface area contributed by atoms with Gasteiger partial charge in [0, 0.05) is 5.54 Å². The van der Waals surface area contributed by atoms with E-state index in [1.807, 2.05) is 0 Å². The topological polar surface area (TPSA) is 26.0 Å². The minimum absolute atomic E-state index is 0.101. The number of rotatable bonds is 2. The van der Waals surface area contributed by atoms with Gasteiger partial charge >= 0.3 is 0 Å². The SMILES string of the molecule is NC1(Cc2cccc3ccccc23)CC1. The van der Waals surface area contributed by atoms with E-state index in [-0.39, 0.29) is 5.54 Å². The third kappa shape index (κ3) is 1.64. The van der Waals surface area contributed by atoms with Gasteiger partial charge in [0.1, 0.15) is 0 Å². The highest BCUT2D eigenvalue weighted by Gasteiger charge is 2.38. The largest absolute Gasteiger partial charge is 0.325 e. The van der Waals surface area contributed by atoms with Gasteiger partial charge in [0.05, 0.1) is 0 Å². The van der Waals surface area contributed by atoms with Crippen LogP contribution in [0.25, 0.3) is 10.8 Å². The van der Waals surface area contributed by atoms with E-state index in [1.54, 1.807) is 0 Å². The maximum Gasteiger partial charge on any atom is 0.0196 e. The first-order chi connectivity index (χ1) is 7.27. The second kappa shape index (κ2) is 3.07. The van der Waals surface area contributed by atoms with Crippen molar-refractivity contribution in [2.45, 2.75) is 24.8 Å². The fraction of sp³-hybridized carbons (Fsp3) is 0.286. The Balaban J connectivity index is 2.09. The lowest BCUT2D eigenvalue weighted by atomic mass is 9.98. The molecule has 1 heteroatoms. The van der Waals surface area contributed by atoms with Crippen LogP contribution in [0.3, 0.4) is 0 Å². The molecule has 0 aromatic heterocycles. The van der Waals surface area contributed by atoms with E-state index in [2.05, 4.69) is 42.5 Å².